The first-order valence-electron chi connectivity index (χ1n) is 10.7. The molecular formula is C25H36N4O3. The Hall–Kier alpha value is -3.22. The van der Waals surface area contributed by atoms with Gasteiger partial charge in [-0.3, -0.25) is 4.79 Å². The van der Waals surface area contributed by atoms with E-state index in [1.807, 2.05) is 42.5 Å². The lowest BCUT2D eigenvalue weighted by Gasteiger charge is -2.27. The van der Waals surface area contributed by atoms with E-state index in [-0.39, 0.29) is 17.9 Å². The molecule has 0 aliphatic carbocycles. The highest BCUT2D eigenvalue weighted by Gasteiger charge is 2.21. The standard InChI is InChI=1S/C25H36N4O3/c1-25(2,20-8-7-9-22(16-20)32-6)18-28-24(27-17-23(30)29(3)4)26-15-14-19-10-12-21(31-5)13-11-19/h7-13,16H,14-15,17-18H2,1-6H3,(H2,26,27,28). The third-order valence-electron chi connectivity index (χ3n) is 5.29. The molecule has 0 spiro atoms. The van der Waals surface area contributed by atoms with Gasteiger partial charge in [-0.1, -0.05) is 38.1 Å². The number of carbonyl (C=O) groups is 1. The van der Waals surface area contributed by atoms with Crippen molar-refractivity contribution in [3.63, 3.8) is 0 Å². The van der Waals surface area contributed by atoms with Crippen LogP contribution in [0, 0.1) is 0 Å². The maximum Gasteiger partial charge on any atom is 0.243 e. The first-order chi connectivity index (χ1) is 15.2. The van der Waals surface area contributed by atoms with Gasteiger partial charge in [0.2, 0.25) is 5.91 Å². The van der Waals surface area contributed by atoms with Gasteiger partial charge in [0.05, 0.1) is 14.2 Å². The van der Waals surface area contributed by atoms with Crippen LogP contribution in [0.15, 0.2) is 53.5 Å². The number of ether oxygens (including phenoxy) is 2. The molecule has 174 valence electrons. The zero-order valence-corrected chi connectivity index (χ0v) is 20.1. The summed E-state index contributed by atoms with van der Waals surface area (Å²) in [5, 5.41) is 6.75. The van der Waals surface area contributed by atoms with Crippen LogP contribution in [0.2, 0.25) is 0 Å². The molecule has 0 aliphatic heterocycles. The minimum absolute atomic E-state index is 0.0479. The third-order valence-corrected chi connectivity index (χ3v) is 5.29. The molecule has 0 unspecified atom stereocenters. The summed E-state index contributed by atoms with van der Waals surface area (Å²) in [6.07, 6.45) is 0.825. The number of nitrogens with one attached hydrogen (secondary N) is 2. The smallest absolute Gasteiger partial charge is 0.243 e. The maximum atomic E-state index is 12.0. The van der Waals surface area contributed by atoms with Gasteiger partial charge < -0.3 is 25.0 Å². The van der Waals surface area contributed by atoms with Crippen LogP contribution in [0.3, 0.4) is 0 Å². The molecule has 2 N–H and O–H groups in total. The number of aliphatic imine (C=N–C) groups is 1. The molecule has 32 heavy (non-hydrogen) atoms. The van der Waals surface area contributed by atoms with Gasteiger partial charge in [-0.25, -0.2) is 4.99 Å². The Morgan fingerprint density at radius 1 is 1.00 bits per heavy atom. The van der Waals surface area contributed by atoms with Crippen LogP contribution in [0.25, 0.3) is 0 Å². The van der Waals surface area contributed by atoms with E-state index in [1.165, 1.54) is 5.56 Å². The van der Waals surface area contributed by atoms with Crippen LogP contribution in [-0.4, -0.2) is 64.7 Å². The van der Waals surface area contributed by atoms with Crippen LogP contribution in [0.1, 0.15) is 25.0 Å². The number of benzene rings is 2. The Bertz CT molecular complexity index is 892. The van der Waals surface area contributed by atoms with Gasteiger partial charge in [-0.15, -0.1) is 0 Å². The predicted octanol–water partition coefficient (Wildman–Crippen LogP) is 2.85. The van der Waals surface area contributed by atoms with Crippen molar-refractivity contribution in [1.82, 2.24) is 15.5 Å². The van der Waals surface area contributed by atoms with Crippen LogP contribution >= 0.6 is 0 Å². The lowest BCUT2D eigenvalue weighted by molar-refractivity contribution is -0.127. The minimum atomic E-state index is -0.168. The zero-order chi connectivity index (χ0) is 23.6. The summed E-state index contributed by atoms with van der Waals surface area (Å²) in [4.78, 5) is 18.1. The van der Waals surface area contributed by atoms with E-state index in [4.69, 9.17) is 9.47 Å². The van der Waals surface area contributed by atoms with Gasteiger partial charge in [0, 0.05) is 32.6 Å². The number of nitrogens with zero attached hydrogens (tertiary/aromatic N) is 2. The fraction of sp³-hybridized carbons (Fsp3) is 0.440. The van der Waals surface area contributed by atoms with E-state index < -0.39 is 0 Å². The molecule has 0 atom stereocenters. The highest BCUT2D eigenvalue weighted by atomic mass is 16.5. The molecule has 2 aromatic carbocycles. The van der Waals surface area contributed by atoms with Crippen LogP contribution < -0.4 is 20.1 Å². The molecule has 0 fully saturated rings. The van der Waals surface area contributed by atoms with Gasteiger partial charge in [0.15, 0.2) is 5.96 Å². The molecule has 0 aliphatic rings. The number of carbonyl (C=O) groups excluding carboxylic acids is 1. The number of hydrogen-bond donors (Lipinski definition) is 2. The summed E-state index contributed by atoms with van der Waals surface area (Å²) in [6, 6.07) is 16.1. The first-order valence-corrected chi connectivity index (χ1v) is 10.7. The summed E-state index contributed by atoms with van der Waals surface area (Å²) in [5.74, 6) is 2.24. The maximum absolute atomic E-state index is 12.0. The normalized spacial score (nSPS) is 11.6. The van der Waals surface area contributed by atoms with Gasteiger partial charge in [0.1, 0.15) is 18.0 Å². The first kappa shape index (κ1) is 25.0. The van der Waals surface area contributed by atoms with Crippen LogP contribution in [0.5, 0.6) is 11.5 Å². The Balaban J connectivity index is 2.03. The lowest BCUT2D eigenvalue weighted by Crippen LogP contribution is -2.44. The zero-order valence-electron chi connectivity index (χ0n) is 20.1. The van der Waals surface area contributed by atoms with E-state index in [0.29, 0.717) is 19.0 Å². The van der Waals surface area contributed by atoms with Crippen molar-refractivity contribution in [2.75, 3.05) is 47.9 Å². The van der Waals surface area contributed by atoms with Crippen molar-refractivity contribution in [3.8, 4) is 11.5 Å². The van der Waals surface area contributed by atoms with Crippen molar-refractivity contribution in [2.45, 2.75) is 25.7 Å². The third kappa shape index (κ3) is 7.80. The number of hydrogen-bond acceptors (Lipinski definition) is 4. The Morgan fingerprint density at radius 2 is 1.69 bits per heavy atom. The van der Waals surface area contributed by atoms with E-state index in [0.717, 1.165) is 23.5 Å². The van der Waals surface area contributed by atoms with Crippen molar-refractivity contribution in [1.29, 1.82) is 0 Å². The molecule has 7 nitrogen and oxygen atoms in total. The van der Waals surface area contributed by atoms with Crippen LogP contribution in [0.4, 0.5) is 0 Å². The fourth-order valence-electron chi connectivity index (χ4n) is 3.03. The average molecular weight is 441 g/mol. The number of amides is 1. The lowest BCUT2D eigenvalue weighted by atomic mass is 9.84. The van der Waals surface area contributed by atoms with E-state index in [9.17, 15) is 4.79 Å². The fourth-order valence-corrected chi connectivity index (χ4v) is 3.03. The summed E-state index contributed by atoms with van der Waals surface area (Å²) >= 11 is 0. The molecular weight excluding hydrogens is 404 g/mol. The minimum Gasteiger partial charge on any atom is -0.497 e. The van der Waals surface area contributed by atoms with Gasteiger partial charge in [-0.05, 0) is 41.8 Å². The molecule has 0 heterocycles. The number of likely N-dealkylation sites (N-methyl/N-ethyl adjacent to an activating group) is 1. The number of guanidine groups is 1. The van der Waals surface area contributed by atoms with Crippen molar-refractivity contribution >= 4 is 11.9 Å². The molecule has 0 bridgehead atoms. The molecule has 0 aromatic heterocycles. The van der Waals surface area contributed by atoms with Gasteiger partial charge in [0.25, 0.3) is 0 Å². The molecule has 2 aromatic rings. The quantitative estimate of drug-likeness (QED) is 0.439. The predicted molar refractivity (Wildman–Crippen MR) is 130 cm³/mol. The summed E-state index contributed by atoms with van der Waals surface area (Å²) < 4.78 is 10.6. The second-order valence-electron chi connectivity index (χ2n) is 8.45. The number of methoxy groups -OCH3 is 2. The highest BCUT2D eigenvalue weighted by molar-refractivity contribution is 5.84. The summed E-state index contributed by atoms with van der Waals surface area (Å²) in [6.45, 7) is 5.74. The Labute approximate surface area is 191 Å². The van der Waals surface area contributed by atoms with Gasteiger partial charge >= 0.3 is 0 Å². The largest absolute Gasteiger partial charge is 0.497 e. The van der Waals surface area contributed by atoms with E-state index >= 15 is 0 Å². The van der Waals surface area contributed by atoms with E-state index in [2.05, 4.69) is 35.5 Å². The molecule has 0 saturated heterocycles. The molecule has 1 amide bonds. The average Bonchev–Trinajstić information content (AvgIpc) is 2.80. The second kappa shape index (κ2) is 12.0. The highest BCUT2D eigenvalue weighted by Crippen LogP contribution is 2.25. The van der Waals surface area contributed by atoms with Gasteiger partial charge in [-0.2, -0.15) is 0 Å². The molecule has 0 saturated carbocycles. The van der Waals surface area contributed by atoms with Crippen LogP contribution in [-0.2, 0) is 16.6 Å². The van der Waals surface area contributed by atoms with Crippen molar-refractivity contribution < 1.29 is 14.3 Å². The second-order valence-corrected chi connectivity index (χ2v) is 8.45. The topological polar surface area (TPSA) is 75.2 Å². The van der Waals surface area contributed by atoms with Crippen molar-refractivity contribution in [3.05, 3.63) is 59.7 Å². The molecule has 7 heteroatoms. The Kier molecular flexibility index (Phi) is 9.38. The van der Waals surface area contributed by atoms with Crippen molar-refractivity contribution in [2.24, 2.45) is 4.99 Å². The summed E-state index contributed by atoms with van der Waals surface area (Å²) in [5.41, 5.74) is 2.18. The monoisotopic (exact) mass is 440 g/mol. The van der Waals surface area contributed by atoms with E-state index in [1.54, 1.807) is 33.2 Å². The summed E-state index contributed by atoms with van der Waals surface area (Å²) in [7, 11) is 6.79. The molecule has 2 rings (SSSR count). The SMILES string of the molecule is COc1ccc(CCNC(=NCC(=O)N(C)C)NCC(C)(C)c2cccc(OC)c2)cc1. The number of rotatable bonds is 10. The molecule has 0 radical (unpaired) electrons. The Morgan fingerprint density at radius 3 is 2.31 bits per heavy atom.